The largest absolute Gasteiger partial charge is 0.508 e. The lowest BCUT2D eigenvalue weighted by atomic mass is 9.99. The summed E-state index contributed by atoms with van der Waals surface area (Å²) in [5, 5.41) is 9.34. The van der Waals surface area contributed by atoms with Gasteiger partial charge in [-0.15, -0.1) is 0 Å². The fourth-order valence-electron chi connectivity index (χ4n) is 1.75. The van der Waals surface area contributed by atoms with Crippen LogP contribution in [0.1, 0.15) is 5.56 Å². The molecule has 1 aliphatic heterocycles. The molecule has 1 aromatic carbocycles. The summed E-state index contributed by atoms with van der Waals surface area (Å²) in [6, 6.07) is 7.58. The van der Waals surface area contributed by atoms with Gasteiger partial charge in [0.05, 0.1) is 0 Å². The number of thioether (sulfide) groups is 1. The molecule has 1 heterocycles. The van der Waals surface area contributed by atoms with Crippen molar-refractivity contribution in [2.75, 3.05) is 11.5 Å². The summed E-state index contributed by atoms with van der Waals surface area (Å²) in [4.78, 5) is 0.634. The minimum Gasteiger partial charge on any atom is -0.508 e. The normalized spacial score (nSPS) is 26.6. The van der Waals surface area contributed by atoms with Gasteiger partial charge in [-0.05, 0) is 35.8 Å². The Morgan fingerprint density at radius 1 is 1.43 bits per heavy atom. The van der Waals surface area contributed by atoms with Gasteiger partial charge in [-0.3, -0.25) is 0 Å². The maximum atomic E-state index is 9.34. The molecule has 1 aliphatic rings. The molecule has 2 unspecified atom stereocenters. The topological polar surface area (TPSA) is 20.2 Å². The standard InChI is InChI=1S/C11H13BrOS/c12-11-7-14-6-9(11)4-8-2-1-3-10(13)5-8/h1-3,5,9,11,13H,4,6-7H2. The molecule has 0 bridgehead atoms. The summed E-state index contributed by atoms with van der Waals surface area (Å²) in [6.45, 7) is 0. The molecule has 1 nitrogen and oxygen atoms in total. The number of benzene rings is 1. The second-order valence-electron chi connectivity index (χ2n) is 3.69. The third kappa shape index (κ3) is 2.45. The second-order valence-corrected chi connectivity index (χ2v) is 5.94. The van der Waals surface area contributed by atoms with Gasteiger partial charge in [0.1, 0.15) is 5.75 Å². The molecule has 2 rings (SSSR count). The number of rotatable bonds is 2. The van der Waals surface area contributed by atoms with Crippen LogP contribution in [0.5, 0.6) is 5.75 Å². The first-order chi connectivity index (χ1) is 6.75. The molecule has 0 aliphatic carbocycles. The number of phenolic OH excluding ortho intramolecular Hbond substituents is 1. The van der Waals surface area contributed by atoms with Crippen LogP contribution >= 0.6 is 27.7 Å². The molecule has 0 spiro atoms. The minimum atomic E-state index is 0.374. The Balaban J connectivity index is 2.03. The zero-order chi connectivity index (χ0) is 9.97. The van der Waals surface area contributed by atoms with Crippen molar-refractivity contribution >= 4 is 27.7 Å². The Hall–Kier alpha value is -0.150. The third-order valence-corrected chi connectivity index (χ3v) is 5.29. The smallest absolute Gasteiger partial charge is 0.115 e. The van der Waals surface area contributed by atoms with Crippen molar-refractivity contribution in [2.45, 2.75) is 11.2 Å². The van der Waals surface area contributed by atoms with E-state index in [4.69, 9.17) is 0 Å². The Labute approximate surface area is 97.0 Å². The molecule has 3 heteroatoms. The lowest BCUT2D eigenvalue weighted by Crippen LogP contribution is -2.14. The maximum absolute atomic E-state index is 9.34. The molecule has 0 aromatic heterocycles. The highest BCUT2D eigenvalue weighted by Gasteiger charge is 2.25. The first-order valence-corrected chi connectivity index (χ1v) is 6.82. The third-order valence-electron chi connectivity index (χ3n) is 2.53. The zero-order valence-electron chi connectivity index (χ0n) is 7.82. The van der Waals surface area contributed by atoms with Crippen molar-refractivity contribution in [3.05, 3.63) is 29.8 Å². The average molecular weight is 273 g/mol. The van der Waals surface area contributed by atoms with Gasteiger partial charge in [0.25, 0.3) is 0 Å². The van der Waals surface area contributed by atoms with Gasteiger partial charge in [-0.2, -0.15) is 11.8 Å². The molecule has 76 valence electrons. The van der Waals surface area contributed by atoms with Gasteiger partial charge < -0.3 is 5.11 Å². The lowest BCUT2D eigenvalue weighted by Gasteiger charge is -2.12. The highest BCUT2D eigenvalue weighted by molar-refractivity contribution is 9.09. The highest BCUT2D eigenvalue weighted by atomic mass is 79.9. The van der Waals surface area contributed by atoms with Crippen LogP contribution in [0.3, 0.4) is 0 Å². The number of hydrogen-bond acceptors (Lipinski definition) is 2. The summed E-state index contributed by atoms with van der Waals surface area (Å²) in [5.41, 5.74) is 1.24. The van der Waals surface area contributed by atoms with E-state index in [1.165, 1.54) is 17.1 Å². The number of halogens is 1. The molecule has 14 heavy (non-hydrogen) atoms. The maximum Gasteiger partial charge on any atom is 0.115 e. The van der Waals surface area contributed by atoms with E-state index in [2.05, 4.69) is 22.0 Å². The molecule has 1 saturated heterocycles. The van der Waals surface area contributed by atoms with Gasteiger partial charge in [0, 0.05) is 10.6 Å². The summed E-state index contributed by atoms with van der Waals surface area (Å²) < 4.78 is 0. The predicted octanol–water partition coefficient (Wildman–Crippen LogP) is 3.06. The van der Waals surface area contributed by atoms with Crippen LogP contribution in [-0.4, -0.2) is 21.4 Å². The monoisotopic (exact) mass is 272 g/mol. The van der Waals surface area contributed by atoms with E-state index in [0.29, 0.717) is 16.5 Å². The first-order valence-electron chi connectivity index (χ1n) is 4.75. The zero-order valence-corrected chi connectivity index (χ0v) is 10.2. The summed E-state index contributed by atoms with van der Waals surface area (Å²) in [7, 11) is 0. The van der Waals surface area contributed by atoms with Crippen LogP contribution in [0.25, 0.3) is 0 Å². The van der Waals surface area contributed by atoms with Gasteiger partial charge >= 0.3 is 0 Å². The van der Waals surface area contributed by atoms with E-state index in [1.54, 1.807) is 6.07 Å². The van der Waals surface area contributed by atoms with E-state index in [-0.39, 0.29) is 0 Å². The summed E-state index contributed by atoms with van der Waals surface area (Å²) >= 11 is 5.70. The van der Waals surface area contributed by atoms with Crippen LogP contribution in [0, 0.1) is 5.92 Å². The number of hydrogen-bond donors (Lipinski definition) is 1. The van der Waals surface area contributed by atoms with Crippen molar-refractivity contribution < 1.29 is 5.11 Å². The predicted molar refractivity (Wildman–Crippen MR) is 65.3 cm³/mol. The Morgan fingerprint density at radius 3 is 2.93 bits per heavy atom. The van der Waals surface area contributed by atoms with E-state index in [0.717, 1.165) is 6.42 Å². The molecular weight excluding hydrogens is 260 g/mol. The van der Waals surface area contributed by atoms with E-state index in [9.17, 15) is 5.11 Å². The molecule has 1 aromatic rings. The van der Waals surface area contributed by atoms with Crippen molar-refractivity contribution in [2.24, 2.45) is 5.92 Å². The minimum absolute atomic E-state index is 0.374. The van der Waals surface area contributed by atoms with E-state index >= 15 is 0 Å². The first kappa shape index (κ1) is 10.4. The number of aromatic hydroxyl groups is 1. The van der Waals surface area contributed by atoms with Crippen LogP contribution in [0.4, 0.5) is 0 Å². The van der Waals surface area contributed by atoms with Crippen molar-refractivity contribution in [3.63, 3.8) is 0 Å². The van der Waals surface area contributed by atoms with E-state index in [1.807, 2.05) is 23.9 Å². The van der Waals surface area contributed by atoms with Crippen LogP contribution < -0.4 is 0 Å². The van der Waals surface area contributed by atoms with Gasteiger partial charge in [-0.25, -0.2) is 0 Å². The van der Waals surface area contributed by atoms with Gasteiger partial charge in [0.15, 0.2) is 0 Å². The number of phenols is 1. The van der Waals surface area contributed by atoms with Crippen molar-refractivity contribution in [1.82, 2.24) is 0 Å². The average Bonchev–Trinajstić information content (AvgIpc) is 2.52. The second kappa shape index (κ2) is 4.58. The van der Waals surface area contributed by atoms with E-state index < -0.39 is 0 Å². The van der Waals surface area contributed by atoms with Gasteiger partial charge in [0.2, 0.25) is 0 Å². The summed E-state index contributed by atoms with van der Waals surface area (Å²) in [5.74, 6) is 3.52. The van der Waals surface area contributed by atoms with Gasteiger partial charge in [-0.1, -0.05) is 28.1 Å². The molecule has 0 saturated carbocycles. The molecule has 2 atom stereocenters. The highest BCUT2D eigenvalue weighted by Crippen LogP contribution is 2.32. The van der Waals surface area contributed by atoms with Crippen molar-refractivity contribution in [3.8, 4) is 5.75 Å². The fourth-order valence-corrected chi connectivity index (χ4v) is 4.21. The SMILES string of the molecule is Oc1cccc(CC2CSCC2Br)c1. The van der Waals surface area contributed by atoms with Crippen LogP contribution in [0.2, 0.25) is 0 Å². The molecule has 0 amide bonds. The van der Waals surface area contributed by atoms with Crippen molar-refractivity contribution in [1.29, 1.82) is 0 Å². The molecule has 0 radical (unpaired) electrons. The van der Waals surface area contributed by atoms with Crippen LogP contribution in [0.15, 0.2) is 24.3 Å². The Morgan fingerprint density at radius 2 is 2.29 bits per heavy atom. The Bertz CT molecular complexity index is 316. The number of alkyl halides is 1. The van der Waals surface area contributed by atoms with Crippen LogP contribution in [-0.2, 0) is 6.42 Å². The summed E-state index contributed by atoms with van der Waals surface area (Å²) in [6.07, 6.45) is 1.07. The quantitative estimate of drug-likeness (QED) is 0.836. The molecular formula is C11H13BrOS. The fraction of sp³-hybridized carbons (Fsp3) is 0.455. The Kier molecular flexibility index (Phi) is 3.39. The molecule has 1 N–H and O–H groups in total. The molecule has 1 fully saturated rings. The lowest BCUT2D eigenvalue weighted by molar-refractivity contribution is 0.473.